The molecular weight excluding hydrogens is 338 g/mol. The third-order valence-corrected chi connectivity index (χ3v) is 4.07. The number of aromatic nitrogens is 5. The zero-order valence-corrected chi connectivity index (χ0v) is 14.1. The van der Waals surface area contributed by atoms with E-state index in [1.165, 1.54) is 11.8 Å². The standard InChI is InChI=1S/C14H14ClN5O2S/c1-8(13-16-9(2)20-22-13)23-14-17-12(18-19-14)7-21-11-5-3-10(15)4-6-11/h3-6,8H,7H2,1-2H3,(H,17,18,19). The predicted molar refractivity (Wildman–Crippen MR) is 85.5 cm³/mol. The maximum Gasteiger partial charge on any atom is 0.239 e. The molecule has 0 saturated heterocycles. The number of ether oxygens (including phenoxy) is 1. The second kappa shape index (κ2) is 7.01. The summed E-state index contributed by atoms with van der Waals surface area (Å²) in [5.74, 6) is 2.52. The summed E-state index contributed by atoms with van der Waals surface area (Å²) in [5, 5.41) is 12.0. The number of halogens is 1. The third kappa shape index (κ3) is 4.23. The van der Waals surface area contributed by atoms with Crippen LogP contribution in [0, 0.1) is 6.92 Å². The van der Waals surface area contributed by atoms with Gasteiger partial charge in [0.15, 0.2) is 11.6 Å². The number of H-pyrrole nitrogens is 1. The first-order valence-electron chi connectivity index (χ1n) is 6.86. The number of thioether (sulfide) groups is 1. The predicted octanol–water partition coefficient (Wildman–Crippen LogP) is 3.58. The topological polar surface area (TPSA) is 89.7 Å². The molecule has 0 amide bonds. The molecule has 1 atom stereocenters. The molecular formula is C14H14ClN5O2S. The van der Waals surface area contributed by atoms with Crippen LogP contribution < -0.4 is 4.74 Å². The highest BCUT2D eigenvalue weighted by Gasteiger charge is 2.17. The Morgan fingerprint density at radius 3 is 2.78 bits per heavy atom. The Labute approximate surface area is 141 Å². The van der Waals surface area contributed by atoms with Crippen molar-refractivity contribution in [1.29, 1.82) is 0 Å². The maximum atomic E-state index is 5.83. The minimum atomic E-state index is -0.0305. The van der Waals surface area contributed by atoms with Gasteiger partial charge < -0.3 is 9.26 Å². The van der Waals surface area contributed by atoms with Crippen LogP contribution in [-0.4, -0.2) is 25.3 Å². The van der Waals surface area contributed by atoms with E-state index < -0.39 is 0 Å². The van der Waals surface area contributed by atoms with Crippen LogP contribution in [0.3, 0.4) is 0 Å². The van der Waals surface area contributed by atoms with Crippen molar-refractivity contribution in [2.75, 3.05) is 0 Å². The number of aryl methyl sites for hydroxylation is 1. The van der Waals surface area contributed by atoms with Gasteiger partial charge in [0, 0.05) is 5.02 Å². The van der Waals surface area contributed by atoms with Crippen LogP contribution in [0.2, 0.25) is 5.02 Å². The molecule has 0 aliphatic heterocycles. The lowest BCUT2D eigenvalue weighted by atomic mass is 10.3. The van der Waals surface area contributed by atoms with Crippen LogP contribution in [0.4, 0.5) is 0 Å². The molecule has 2 aromatic heterocycles. The average molecular weight is 352 g/mol. The molecule has 0 aliphatic carbocycles. The third-order valence-electron chi connectivity index (χ3n) is 2.87. The summed E-state index contributed by atoms with van der Waals surface area (Å²) in [7, 11) is 0. The lowest BCUT2D eigenvalue weighted by Crippen LogP contribution is -1.97. The maximum absolute atomic E-state index is 5.83. The number of rotatable bonds is 6. The summed E-state index contributed by atoms with van der Waals surface area (Å²) in [4.78, 5) is 8.57. The largest absolute Gasteiger partial charge is 0.486 e. The molecule has 2 heterocycles. The first-order chi connectivity index (χ1) is 11.1. The molecule has 120 valence electrons. The Hall–Kier alpha value is -2.06. The van der Waals surface area contributed by atoms with Gasteiger partial charge >= 0.3 is 0 Å². The molecule has 3 rings (SSSR count). The number of aromatic amines is 1. The fraction of sp³-hybridized carbons (Fsp3) is 0.286. The number of nitrogens with zero attached hydrogens (tertiary/aromatic N) is 4. The zero-order chi connectivity index (χ0) is 16.2. The van der Waals surface area contributed by atoms with Crippen LogP contribution in [0.15, 0.2) is 33.9 Å². The van der Waals surface area contributed by atoms with Crippen molar-refractivity contribution in [2.45, 2.75) is 30.9 Å². The Morgan fingerprint density at radius 2 is 2.09 bits per heavy atom. The van der Waals surface area contributed by atoms with Crippen molar-refractivity contribution in [3.8, 4) is 5.75 Å². The molecule has 23 heavy (non-hydrogen) atoms. The highest BCUT2D eigenvalue weighted by molar-refractivity contribution is 7.99. The van der Waals surface area contributed by atoms with E-state index >= 15 is 0 Å². The fourth-order valence-corrected chi connectivity index (χ4v) is 2.66. The smallest absolute Gasteiger partial charge is 0.239 e. The summed E-state index contributed by atoms with van der Waals surface area (Å²) in [5.41, 5.74) is 0. The van der Waals surface area contributed by atoms with Gasteiger partial charge in [-0.25, -0.2) is 4.98 Å². The van der Waals surface area contributed by atoms with Crippen molar-refractivity contribution >= 4 is 23.4 Å². The van der Waals surface area contributed by atoms with Gasteiger partial charge in [0.2, 0.25) is 11.0 Å². The Morgan fingerprint density at radius 1 is 1.30 bits per heavy atom. The molecule has 1 aromatic carbocycles. The lowest BCUT2D eigenvalue weighted by molar-refractivity contribution is 0.296. The molecule has 0 fully saturated rings. The van der Waals surface area contributed by atoms with Crippen molar-refractivity contribution in [1.82, 2.24) is 25.3 Å². The molecule has 9 heteroatoms. The van der Waals surface area contributed by atoms with Gasteiger partial charge in [0.05, 0.1) is 5.25 Å². The summed E-state index contributed by atoms with van der Waals surface area (Å²) >= 11 is 7.26. The van der Waals surface area contributed by atoms with Gasteiger partial charge in [-0.15, -0.1) is 5.10 Å². The highest BCUT2D eigenvalue weighted by Crippen LogP contribution is 2.31. The van der Waals surface area contributed by atoms with Gasteiger partial charge in [-0.2, -0.15) is 4.98 Å². The van der Waals surface area contributed by atoms with Crippen LogP contribution >= 0.6 is 23.4 Å². The Kier molecular flexibility index (Phi) is 4.82. The Bertz CT molecular complexity index is 774. The molecule has 1 N–H and O–H groups in total. The van der Waals surface area contributed by atoms with E-state index in [-0.39, 0.29) is 5.25 Å². The van der Waals surface area contributed by atoms with E-state index in [2.05, 4.69) is 25.3 Å². The lowest BCUT2D eigenvalue weighted by Gasteiger charge is -2.03. The molecule has 7 nitrogen and oxygen atoms in total. The van der Waals surface area contributed by atoms with E-state index in [4.69, 9.17) is 20.9 Å². The molecule has 3 aromatic rings. The van der Waals surface area contributed by atoms with E-state index in [1.54, 1.807) is 31.2 Å². The minimum absolute atomic E-state index is 0.0305. The number of hydrogen-bond acceptors (Lipinski definition) is 7. The molecule has 0 spiro atoms. The van der Waals surface area contributed by atoms with Crippen molar-refractivity contribution in [3.05, 3.63) is 46.8 Å². The Balaban J connectivity index is 1.56. The van der Waals surface area contributed by atoms with Crippen LogP contribution in [-0.2, 0) is 6.61 Å². The number of hydrogen-bond donors (Lipinski definition) is 1. The van der Waals surface area contributed by atoms with Crippen molar-refractivity contribution < 1.29 is 9.26 Å². The van der Waals surface area contributed by atoms with Gasteiger partial charge in [-0.05, 0) is 38.1 Å². The fourth-order valence-electron chi connectivity index (χ4n) is 1.76. The molecule has 0 radical (unpaired) electrons. The SMILES string of the molecule is Cc1noc(C(C)Sc2n[nH]c(COc3ccc(Cl)cc3)n2)n1. The van der Waals surface area contributed by atoms with Gasteiger partial charge in [-0.1, -0.05) is 28.5 Å². The normalized spacial score (nSPS) is 12.3. The number of nitrogens with one attached hydrogen (secondary N) is 1. The summed E-state index contributed by atoms with van der Waals surface area (Å²) in [6, 6.07) is 7.14. The summed E-state index contributed by atoms with van der Waals surface area (Å²) in [6.07, 6.45) is 0. The van der Waals surface area contributed by atoms with Gasteiger partial charge in [0.25, 0.3) is 0 Å². The second-order valence-corrected chi connectivity index (χ2v) is 6.49. The van der Waals surface area contributed by atoms with Crippen LogP contribution in [0.25, 0.3) is 0 Å². The monoisotopic (exact) mass is 351 g/mol. The van der Waals surface area contributed by atoms with E-state index in [1.807, 2.05) is 6.92 Å². The number of benzene rings is 1. The second-order valence-electron chi connectivity index (χ2n) is 4.75. The molecule has 0 saturated carbocycles. The minimum Gasteiger partial charge on any atom is -0.486 e. The first kappa shape index (κ1) is 15.8. The molecule has 0 bridgehead atoms. The van der Waals surface area contributed by atoms with Gasteiger partial charge in [0.1, 0.15) is 12.4 Å². The molecule has 1 unspecified atom stereocenters. The van der Waals surface area contributed by atoms with Gasteiger partial charge in [-0.3, -0.25) is 5.10 Å². The van der Waals surface area contributed by atoms with Crippen LogP contribution in [0.1, 0.15) is 29.7 Å². The summed E-state index contributed by atoms with van der Waals surface area (Å²) in [6.45, 7) is 4.03. The van der Waals surface area contributed by atoms with Crippen LogP contribution in [0.5, 0.6) is 5.75 Å². The molecule has 0 aliphatic rings. The van der Waals surface area contributed by atoms with E-state index in [9.17, 15) is 0 Å². The zero-order valence-electron chi connectivity index (χ0n) is 12.5. The quantitative estimate of drug-likeness (QED) is 0.679. The highest BCUT2D eigenvalue weighted by atomic mass is 35.5. The van der Waals surface area contributed by atoms with E-state index in [0.717, 1.165) is 5.75 Å². The van der Waals surface area contributed by atoms with Crippen molar-refractivity contribution in [3.63, 3.8) is 0 Å². The first-order valence-corrected chi connectivity index (χ1v) is 8.12. The summed E-state index contributed by atoms with van der Waals surface area (Å²) < 4.78 is 10.7. The van der Waals surface area contributed by atoms with Crippen molar-refractivity contribution in [2.24, 2.45) is 0 Å². The van der Waals surface area contributed by atoms with E-state index in [0.29, 0.717) is 34.3 Å². The average Bonchev–Trinajstić information content (AvgIpc) is 3.16.